The molecule has 0 aromatic rings. The van der Waals surface area contributed by atoms with Crippen LogP contribution in [0.1, 0.15) is 27.7 Å². The molecular formula is C15H29N3O4. The number of ether oxygens (including phenoxy) is 2. The first kappa shape index (κ1) is 18.7. The number of hydrogen-bond acceptors (Lipinski definition) is 5. The number of nitrogens with zero attached hydrogens (tertiary/aromatic N) is 2. The van der Waals surface area contributed by atoms with Crippen LogP contribution in [0.2, 0.25) is 0 Å². The summed E-state index contributed by atoms with van der Waals surface area (Å²) in [6.07, 6.45) is -0.253. The van der Waals surface area contributed by atoms with Crippen LogP contribution in [0.3, 0.4) is 0 Å². The van der Waals surface area contributed by atoms with Crippen molar-refractivity contribution in [1.29, 1.82) is 0 Å². The summed E-state index contributed by atoms with van der Waals surface area (Å²) in [7, 11) is 0. The van der Waals surface area contributed by atoms with Crippen molar-refractivity contribution in [2.75, 3.05) is 52.5 Å². The van der Waals surface area contributed by atoms with E-state index in [1.54, 1.807) is 4.90 Å². The van der Waals surface area contributed by atoms with Gasteiger partial charge in [-0.1, -0.05) is 0 Å². The molecule has 1 fully saturated rings. The standard InChI is InChI=1S/C15H29N3O4/c1-5-21-12-13(19)16-6-7-17-8-10-18(11-9-17)14(20)22-15(2,3)4/h5-12H2,1-4H3,(H,16,19). The number of hydrogen-bond donors (Lipinski definition) is 1. The molecule has 0 aliphatic carbocycles. The van der Waals surface area contributed by atoms with Gasteiger partial charge in [-0.3, -0.25) is 9.69 Å². The third kappa shape index (κ3) is 7.61. The number of carbonyl (C=O) groups excluding carboxylic acids is 2. The van der Waals surface area contributed by atoms with Gasteiger partial charge in [0.25, 0.3) is 0 Å². The van der Waals surface area contributed by atoms with Crippen molar-refractivity contribution in [3.8, 4) is 0 Å². The molecule has 22 heavy (non-hydrogen) atoms. The SMILES string of the molecule is CCOCC(=O)NCCN1CCN(C(=O)OC(C)(C)C)CC1. The van der Waals surface area contributed by atoms with Gasteiger partial charge in [0.1, 0.15) is 12.2 Å². The van der Waals surface area contributed by atoms with Crippen LogP contribution in [0, 0.1) is 0 Å². The van der Waals surface area contributed by atoms with E-state index in [2.05, 4.69) is 10.2 Å². The molecule has 7 heteroatoms. The van der Waals surface area contributed by atoms with Gasteiger partial charge in [0, 0.05) is 45.9 Å². The summed E-state index contributed by atoms with van der Waals surface area (Å²) in [6.45, 7) is 12.4. The zero-order valence-electron chi connectivity index (χ0n) is 14.2. The summed E-state index contributed by atoms with van der Waals surface area (Å²) in [5.41, 5.74) is -0.459. The monoisotopic (exact) mass is 315 g/mol. The van der Waals surface area contributed by atoms with Gasteiger partial charge < -0.3 is 19.7 Å². The maximum atomic E-state index is 11.9. The molecule has 1 rings (SSSR count). The van der Waals surface area contributed by atoms with Crippen LogP contribution in [0.15, 0.2) is 0 Å². The van der Waals surface area contributed by atoms with Crippen LogP contribution in [-0.4, -0.2) is 79.9 Å². The van der Waals surface area contributed by atoms with Gasteiger partial charge >= 0.3 is 6.09 Å². The maximum Gasteiger partial charge on any atom is 0.410 e. The molecule has 0 atom stereocenters. The lowest BCUT2D eigenvalue weighted by Gasteiger charge is -2.35. The molecule has 0 spiro atoms. The molecular weight excluding hydrogens is 286 g/mol. The Balaban J connectivity index is 2.17. The molecule has 0 saturated carbocycles. The van der Waals surface area contributed by atoms with E-state index in [1.807, 2.05) is 27.7 Å². The summed E-state index contributed by atoms with van der Waals surface area (Å²) in [5.74, 6) is -0.0887. The average molecular weight is 315 g/mol. The minimum atomic E-state index is -0.459. The fraction of sp³-hybridized carbons (Fsp3) is 0.867. The summed E-state index contributed by atoms with van der Waals surface area (Å²) in [6, 6.07) is 0. The van der Waals surface area contributed by atoms with Gasteiger partial charge in [0.2, 0.25) is 5.91 Å². The van der Waals surface area contributed by atoms with Crippen molar-refractivity contribution < 1.29 is 19.1 Å². The number of nitrogens with one attached hydrogen (secondary N) is 1. The summed E-state index contributed by atoms with van der Waals surface area (Å²) in [4.78, 5) is 27.3. The minimum Gasteiger partial charge on any atom is -0.444 e. The lowest BCUT2D eigenvalue weighted by atomic mass is 10.2. The maximum absolute atomic E-state index is 11.9. The van der Waals surface area contributed by atoms with Crippen molar-refractivity contribution in [1.82, 2.24) is 15.1 Å². The molecule has 1 aliphatic heterocycles. The van der Waals surface area contributed by atoms with E-state index >= 15 is 0 Å². The molecule has 0 aromatic carbocycles. The third-order valence-electron chi connectivity index (χ3n) is 3.21. The van der Waals surface area contributed by atoms with Gasteiger partial charge in [-0.2, -0.15) is 0 Å². The Hall–Kier alpha value is -1.34. The van der Waals surface area contributed by atoms with Crippen molar-refractivity contribution in [3.05, 3.63) is 0 Å². The molecule has 7 nitrogen and oxygen atoms in total. The Labute approximate surface area is 132 Å². The minimum absolute atomic E-state index is 0.0887. The van der Waals surface area contributed by atoms with Crippen molar-refractivity contribution in [2.45, 2.75) is 33.3 Å². The second-order valence-electron chi connectivity index (χ2n) is 6.30. The molecule has 0 aromatic heterocycles. The first-order valence-corrected chi connectivity index (χ1v) is 7.86. The smallest absolute Gasteiger partial charge is 0.410 e. The van der Waals surface area contributed by atoms with Crippen LogP contribution in [0.25, 0.3) is 0 Å². The Morgan fingerprint density at radius 1 is 1.14 bits per heavy atom. The molecule has 2 amide bonds. The lowest BCUT2D eigenvalue weighted by Crippen LogP contribution is -2.51. The predicted octanol–water partition coefficient (Wildman–Crippen LogP) is 0.692. The van der Waals surface area contributed by atoms with Gasteiger partial charge in [-0.05, 0) is 27.7 Å². The zero-order chi connectivity index (χ0) is 16.6. The highest BCUT2D eigenvalue weighted by Crippen LogP contribution is 2.11. The molecule has 128 valence electrons. The lowest BCUT2D eigenvalue weighted by molar-refractivity contribution is -0.125. The van der Waals surface area contributed by atoms with E-state index in [0.717, 1.165) is 19.6 Å². The number of rotatable bonds is 6. The predicted molar refractivity (Wildman–Crippen MR) is 83.7 cm³/mol. The molecule has 1 heterocycles. The van der Waals surface area contributed by atoms with E-state index in [4.69, 9.17) is 9.47 Å². The second-order valence-corrected chi connectivity index (χ2v) is 6.30. The van der Waals surface area contributed by atoms with Gasteiger partial charge in [0.15, 0.2) is 0 Å². The summed E-state index contributed by atoms with van der Waals surface area (Å²) in [5, 5.41) is 2.82. The van der Waals surface area contributed by atoms with Gasteiger partial charge in [-0.25, -0.2) is 4.79 Å². The Kier molecular flexibility index (Phi) is 7.61. The second kappa shape index (κ2) is 8.95. The molecule has 1 aliphatic rings. The first-order chi connectivity index (χ1) is 10.3. The first-order valence-electron chi connectivity index (χ1n) is 7.86. The topological polar surface area (TPSA) is 71.1 Å². The zero-order valence-corrected chi connectivity index (χ0v) is 14.2. The highest BCUT2D eigenvalue weighted by molar-refractivity contribution is 5.77. The fourth-order valence-corrected chi connectivity index (χ4v) is 2.08. The normalized spacial score (nSPS) is 16.5. The largest absolute Gasteiger partial charge is 0.444 e. The van der Waals surface area contributed by atoms with Crippen LogP contribution in [0.4, 0.5) is 4.79 Å². The Morgan fingerprint density at radius 2 is 1.77 bits per heavy atom. The number of carbonyl (C=O) groups is 2. The summed E-state index contributed by atoms with van der Waals surface area (Å²) >= 11 is 0. The summed E-state index contributed by atoms with van der Waals surface area (Å²) < 4.78 is 10.4. The van der Waals surface area contributed by atoms with Crippen LogP contribution in [0.5, 0.6) is 0 Å². The van der Waals surface area contributed by atoms with Crippen LogP contribution < -0.4 is 5.32 Å². The van der Waals surface area contributed by atoms with E-state index < -0.39 is 5.60 Å². The van der Waals surface area contributed by atoms with Crippen molar-refractivity contribution in [3.63, 3.8) is 0 Å². The number of piperazine rings is 1. The van der Waals surface area contributed by atoms with Crippen molar-refractivity contribution in [2.24, 2.45) is 0 Å². The highest BCUT2D eigenvalue weighted by Gasteiger charge is 2.25. The molecule has 1 saturated heterocycles. The molecule has 1 N–H and O–H groups in total. The van der Waals surface area contributed by atoms with E-state index in [0.29, 0.717) is 26.2 Å². The molecule has 0 unspecified atom stereocenters. The fourth-order valence-electron chi connectivity index (χ4n) is 2.08. The average Bonchev–Trinajstić information content (AvgIpc) is 2.44. The van der Waals surface area contributed by atoms with Gasteiger partial charge in [-0.15, -0.1) is 0 Å². The van der Waals surface area contributed by atoms with Crippen LogP contribution in [-0.2, 0) is 14.3 Å². The Bertz CT molecular complexity index is 360. The van der Waals surface area contributed by atoms with E-state index in [-0.39, 0.29) is 18.6 Å². The third-order valence-corrected chi connectivity index (χ3v) is 3.21. The number of amides is 2. The molecule has 0 radical (unpaired) electrons. The molecule has 0 bridgehead atoms. The van der Waals surface area contributed by atoms with E-state index in [9.17, 15) is 9.59 Å². The van der Waals surface area contributed by atoms with Gasteiger partial charge in [0.05, 0.1) is 0 Å². The van der Waals surface area contributed by atoms with Crippen molar-refractivity contribution >= 4 is 12.0 Å². The van der Waals surface area contributed by atoms with E-state index in [1.165, 1.54) is 0 Å². The Morgan fingerprint density at radius 3 is 2.32 bits per heavy atom. The highest BCUT2D eigenvalue weighted by atomic mass is 16.6. The quantitative estimate of drug-likeness (QED) is 0.781. The van der Waals surface area contributed by atoms with Crippen LogP contribution >= 0.6 is 0 Å².